The van der Waals surface area contributed by atoms with Gasteiger partial charge in [0.05, 0.1) is 19.9 Å². The van der Waals surface area contributed by atoms with Crippen molar-refractivity contribution in [1.29, 1.82) is 0 Å². The molecule has 106 valence electrons. The fourth-order valence-electron chi connectivity index (χ4n) is 1.99. The van der Waals surface area contributed by atoms with Crippen LogP contribution in [0, 0.1) is 0 Å². The summed E-state index contributed by atoms with van der Waals surface area (Å²) in [6, 6.07) is 6.24. The van der Waals surface area contributed by atoms with Crippen molar-refractivity contribution >= 4 is 0 Å². The van der Waals surface area contributed by atoms with Crippen LogP contribution in [0.3, 0.4) is 0 Å². The van der Waals surface area contributed by atoms with Crippen molar-refractivity contribution in [2.24, 2.45) is 0 Å². The lowest BCUT2D eigenvalue weighted by molar-refractivity contribution is 0.394. The number of oxazole rings is 1. The Morgan fingerprint density at radius 1 is 1.20 bits per heavy atom. The highest BCUT2D eigenvalue weighted by molar-refractivity contribution is 5.59. The van der Waals surface area contributed by atoms with Crippen LogP contribution in [0.5, 0.6) is 11.5 Å². The average Bonchev–Trinajstić information content (AvgIpc) is 3.20. The van der Waals surface area contributed by atoms with Crippen LogP contribution in [0.15, 0.2) is 28.9 Å². The first-order chi connectivity index (χ1) is 9.78. The van der Waals surface area contributed by atoms with Gasteiger partial charge in [-0.2, -0.15) is 0 Å². The molecular formula is C15H18N2O3. The molecule has 5 nitrogen and oxygen atoms in total. The maximum absolute atomic E-state index is 5.54. The van der Waals surface area contributed by atoms with E-state index < -0.39 is 0 Å². The summed E-state index contributed by atoms with van der Waals surface area (Å²) in [5.74, 6) is 2.01. The predicted octanol–water partition coefficient (Wildman–Crippen LogP) is 2.61. The first-order valence-electron chi connectivity index (χ1n) is 6.69. The Balaban J connectivity index is 1.80. The number of hydrogen-bond donors (Lipinski definition) is 1. The smallest absolute Gasteiger partial charge is 0.226 e. The molecule has 0 radical (unpaired) electrons. The SMILES string of the molecule is COc1cc(OC)cc(-c2nc(CNC3CC3)co2)c1. The molecule has 3 rings (SSSR count). The number of aromatic nitrogens is 1. The Labute approximate surface area is 117 Å². The Hall–Kier alpha value is -2.01. The molecule has 1 heterocycles. The minimum atomic E-state index is 0.579. The topological polar surface area (TPSA) is 56.5 Å². The number of methoxy groups -OCH3 is 2. The summed E-state index contributed by atoms with van der Waals surface area (Å²) in [6.45, 7) is 0.745. The third-order valence-corrected chi connectivity index (χ3v) is 3.30. The third-order valence-electron chi connectivity index (χ3n) is 3.30. The van der Waals surface area contributed by atoms with Gasteiger partial charge in [-0.1, -0.05) is 0 Å². The highest BCUT2D eigenvalue weighted by Gasteiger charge is 2.20. The van der Waals surface area contributed by atoms with Crippen LogP contribution in [-0.2, 0) is 6.54 Å². The summed E-state index contributed by atoms with van der Waals surface area (Å²) in [6.07, 6.45) is 4.21. The maximum atomic E-state index is 5.54. The Morgan fingerprint density at radius 2 is 1.90 bits per heavy atom. The van der Waals surface area contributed by atoms with Crippen molar-refractivity contribution in [2.75, 3.05) is 14.2 Å². The van der Waals surface area contributed by atoms with Gasteiger partial charge in [0.15, 0.2) is 0 Å². The van der Waals surface area contributed by atoms with Crippen LogP contribution in [0.2, 0.25) is 0 Å². The van der Waals surface area contributed by atoms with Gasteiger partial charge in [-0.15, -0.1) is 0 Å². The van der Waals surface area contributed by atoms with E-state index in [4.69, 9.17) is 13.9 Å². The van der Waals surface area contributed by atoms with Crippen molar-refractivity contribution in [3.05, 3.63) is 30.2 Å². The van der Waals surface area contributed by atoms with Gasteiger partial charge in [0.25, 0.3) is 0 Å². The fourth-order valence-corrected chi connectivity index (χ4v) is 1.99. The fraction of sp³-hybridized carbons (Fsp3) is 0.400. The number of rotatable bonds is 6. The van der Waals surface area contributed by atoms with E-state index in [9.17, 15) is 0 Å². The third kappa shape index (κ3) is 2.93. The first kappa shape index (κ1) is 13.0. The molecule has 0 amide bonds. The largest absolute Gasteiger partial charge is 0.497 e. The molecule has 1 aromatic heterocycles. The van der Waals surface area contributed by atoms with E-state index in [1.54, 1.807) is 20.5 Å². The molecule has 1 aromatic carbocycles. The molecule has 2 aromatic rings. The molecule has 1 aliphatic carbocycles. The van der Waals surface area contributed by atoms with E-state index >= 15 is 0 Å². The van der Waals surface area contributed by atoms with E-state index in [-0.39, 0.29) is 0 Å². The second-order valence-corrected chi connectivity index (χ2v) is 4.90. The molecule has 0 unspecified atom stereocenters. The highest BCUT2D eigenvalue weighted by Crippen LogP contribution is 2.29. The normalized spacial score (nSPS) is 14.3. The highest BCUT2D eigenvalue weighted by atomic mass is 16.5. The quantitative estimate of drug-likeness (QED) is 0.877. The minimum absolute atomic E-state index is 0.579. The molecule has 5 heteroatoms. The lowest BCUT2D eigenvalue weighted by Crippen LogP contribution is -2.15. The van der Waals surface area contributed by atoms with Crippen molar-refractivity contribution in [3.63, 3.8) is 0 Å². The molecule has 1 fully saturated rings. The first-order valence-corrected chi connectivity index (χ1v) is 6.69. The summed E-state index contributed by atoms with van der Waals surface area (Å²) in [4.78, 5) is 4.49. The number of nitrogens with one attached hydrogen (secondary N) is 1. The lowest BCUT2D eigenvalue weighted by Gasteiger charge is -2.06. The zero-order valence-corrected chi connectivity index (χ0v) is 11.7. The van der Waals surface area contributed by atoms with E-state index in [0.29, 0.717) is 11.9 Å². The van der Waals surface area contributed by atoms with Crippen molar-refractivity contribution in [2.45, 2.75) is 25.4 Å². The van der Waals surface area contributed by atoms with Gasteiger partial charge in [-0.05, 0) is 25.0 Å². The van der Waals surface area contributed by atoms with Crippen molar-refractivity contribution in [1.82, 2.24) is 10.3 Å². The standard InChI is InChI=1S/C15H18N2O3/c1-18-13-5-10(6-14(7-13)19-2)15-17-12(9-20-15)8-16-11-3-4-11/h5-7,9,11,16H,3-4,8H2,1-2H3. The van der Waals surface area contributed by atoms with Gasteiger partial charge in [0, 0.05) is 24.2 Å². The number of benzene rings is 1. The van der Waals surface area contributed by atoms with Crippen LogP contribution in [0.4, 0.5) is 0 Å². The maximum Gasteiger partial charge on any atom is 0.226 e. The lowest BCUT2D eigenvalue weighted by atomic mass is 10.2. The second-order valence-electron chi connectivity index (χ2n) is 4.90. The van der Waals surface area contributed by atoms with Crippen molar-refractivity contribution in [3.8, 4) is 23.0 Å². The molecular weight excluding hydrogens is 256 g/mol. The molecule has 0 bridgehead atoms. The van der Waals surface area contributed by atoms with Crippen LogP contribution in [0.25, 0.3) is 11.5 Å². The Morgan fingerprint density at radius 3 is 2.50 bits per heavy atom. The van der Waals surface area contributed by atoms with Crippen LogP contribution >= 0.6 is 0 Å². The minimum Gasteiger partial charge on any atom is -0.497 e. The van der Waals surface area contributed by atoms with Gasteiger partial charge in [-0.3, -0.25) is 0 Å². The molecule has 0 saturated heterocycles. The van der Waals surface area contributed by atoms with Crippen LogP contribution in [-0.4, -0.2) is 25.2 Å². The van der Waals surface area contributed by atoms with Crippen molar-refractivity contribution < 1.29 is 13.9 Å². The zero-order valence-electron chi connectivity index (χ0n) is 11.7. The summed E-state index contributed by atoms with van der Waals surface area (Å²) < 4.78 is 16.0. The van der Waals surface area contributed by atoms with Gasteiger partial charge < -0.3 is 19.2 Å². The second kappa shape index (κ2) is 5.54. The van der Waals surface area contributed by atoms with E-state index in [1.165, 1.54) is 12.8 Å². The summed E-state index contributed by atoms with van der Waals surface area (Å²) in [7, 11) is 3.25. The summed E-state index contributed by atoms with van der Waals surface area (Å²) in [5, 5.41) is 3.41. The number of nitrogens with zero attached hydrogens (tertiary/aromatic N) is 1. The monoisotopic (exact) mass is 274 g/mol. The van der Waals surface area contributed by atoms with E-state index in [1.807, 2.05) is 18.2 Å². The molecule has 1 N–H and O–H groups in total. The Bertz CT molecular complexity index is 568. The average molecular weight is 274 g/mol. The van der Waals surface area contributed by atoms with E-state index in [0.717, 1.165) is 29.3 Å². The zero-order chi connectivity index (χ0) is 13.9. The number of hydrogen-bond acceptors (Lipinski definition) is 5. The summed E-state index contributed by atoms with van der Waals surface area (Å²) in [5.41, 5.74) is 1.76. The molecule has 1 aliphatic rings. The molecule has 1 saturated carbocycles. The molecule has 0 spiro atoms. The van der Waals surface area contributed by atoms with Gasteiger partial charge >= 0.3 is 0 Å². The van der Waals surface area contributed by atoms with Gasteiger partial charge in [0.2, 0.25) is 5.89 Å². The van der Waals surface area contributed by atoms with E-state index in [2.05, 4.69) is 10.3 Å². The van der Waals surface area contributed by atoms with Gasteiger partial charge in [0.1, 0.15) is 17.8 Å². The molecule has 0 atom stereocenters. The number of ether oxygens (including phenoxy) is 2. The van der Waals surface area contributed by atoms with Crippen LogP contribution in [0.1, 0.15) is 18.5 Å². The summed E-state index contributed by atoms with van der Waals surface area (Å²) >= 11 is 0. The predicted molar refractivity (Wildman–Crippen MR) is 74.9 cm³/mol. The van der Waals surface area contributed by atoms with Gasteiger partial charge in [-0.25, -0.2) is 4.98 Å². The van der Waals surface area contributed by atoms with Crippen LogP contribution < -0.4 is 14.8 Å². The molecule has 20 heavy (non-hydrogen) atoms. The molecule has 0 aliphatic heterocycles. The Kier molecular flexibility index (Phi) is 3.60.